The lowest BCUT2D eigenvalue weighted by Crippen LogP contribution is -2.41. The molecule has 41 heavy (non-hydrogen) atoms. The minimum atomic E-state index is -2.74. The molecule has 8 nitrogen and oxygen atoms in total. The summed E-state index contributed by atoms with van der Waals surface area (Å²) in [6.45, 7) is 0.188. The second kappa shape index (κ2) is 13.9. The Hall–Kier alpha value is -3.54. The van der Waals surface area contributed by atoms with E-state index in [0.717, 1.165) is 23.9 Å². The van der Waals surface area contributed by atoms with Gasteiger partial charge in [0.1, 0.15) is 12.4 Å². The van der Waals surface area contributed by atoms with Gasteiger partial charge in [0.25, 0.3) is 18.2 Å². The minimum Gasteiger partial charge on any atom is -0.487 e. The fraction of sp³-hybridized carbons (Fsp3) is 0.276. The molecule has 4 rings (SSSR count). The lowest BCUT2D eigenvalue weighted by atomic mass is 10.1. The van der Waals surface area contributed by atoms with E-state index >= 15 is 0 Å². The van der Waals surface area contributed by atoms with Crippen LogP contribution in [0.3, 0.4) is 0 Å². The molecule has 3 aromatic carbocycles. The molecule has 1 saturated heterocycles. The molecule has 3 N–H and O–H groups in total. The van der Waals surface area contributed by atoms with Crippen molar-refractivity contribution in [1.29, 1.82) is 0 Å². The number of rotatable bonds is 10. The van der Waals surface area contributed by atoms with Gasteiger partial charge in [-0.15, -0.1) is 0 Å². The Morgan fingerprint density at radius 3 is 2.37 bits per heavy atom. The predicted molar refractivity (Wildman–Crippen MR) is 157 cm³/mol. The van der Waals surface area contributed by atoms with Gasteiger partial charge in [0.05, 0.1) is 22.2 Å². The normalized spacial score (nSPS) is 15.0. The number of amides is 3. The molecule has 1 unspecified atom stereocenters. The average molecular weight is 650 g/mol. The van der Waals surface area contributed by atoms with E-state index in [1.54, 1.807) is 42.5 Å². The van der Waals surface area contributed by atoms with Gasteiger partial charge in [0, 0.05) is 22.4 Å². The van der Waals surface area contributed by atoms with Gasteiger partial charge >= 0.3 is 0 Å². The molecule has 0 radical (unpaired) electrons. The number of likely N-dealkylation sites (N-methyl/N-ethyl adjacent to an activating group) is 1. The van der Waals surface area contributed by atoms with Gasteiger partial charge in [-0.1, -0.05) is 33.6 Å². The molecule has 0 bridgehead atoms. The molecule has 1 fully saturated rings. The topological polar surface area (TPSA) is 99.8 Å². The number of benzene rings is 3. The first-order chi connectivity index (χ1) is 19.6. The maximum atomic E-state index is 13.2. The van der Waals surface area contributed by atoms with Crippen LogP contribution in [-0.4, -0.2) is 55.3 Å². The quantitative estimate of drug-likeness (QED) is 0.252. The molecule has 1 aliphatic heterocycles. The molecule has 3 aromatic rings. The zero-order valence-electron chi connectivity index (χ0n) is 22.1. The maximum absolute atomic E-state index is 13.2. The summed E-state index contributed by atoms with van der Waals surface area (Å²) in [5.74, 6) is -1.31. The highest BCUT2D eigenvalue weighted by molar-refractivity contribution is 9.10. The summed E-state index contributed by atoms with van der Waals surface area (Å²) in [5.41, 5.74) is 1.49. The van der Waals surface area contributed by atoms with Crippen molar-refractivity contribution in [2.24, 2.45) is 0 Å². The number of hydrogen-bond acceptors (Lipinski definition) is 5. The number of anilines is 2. The van der Waals surface area contributed by atoms with E-state index in [0.29, 0.717) is 11.3 Å². The van der Waals surface area contributed by atoms with Crippen LogP contribution in [0.5, 0.6) is 5.75 Å². The number of hydrogen-bond donors (Lipinski definition) is 3. The fourth-order valence-electron chi connectivity index (χ4n) is 4.40. The highest BCUT2D eigenvalue weighted by Gasteiger charge is 2.27. The lowest BCUT2D eigenvalue weighted by Gasteiger charge is -2.18. The van der Waals surface area contributed by atoms with Crippen molar-refractivity contribution >= 4 is 56.6 Å². The zero-order chi connectivity index (χ0) is 29.5. The van der Waals surface area contributed by atoms with Crippen molar-refractivity contribution in [1.82, 2.24) is 10.2 Å². The first-order valence-electron chi connectivity index (χ1n) is 12.8. The van der Waals surface area contributed by atoms with Crippen molar-refractivity contribution in [3.05, 3.63) is 86.8 Å². The van der Waals surface area contributed by atoms with E-state index in [2.05, 4.69) is 31.9 Å². The number of carbonyl (C=O) groups is 3. The first-order valence-corrected chi connectivity index (χ1v) is 14.0. The average Bonchev–Trinajstić information content (AvgIpc) is 3.38. The Kier molecular flexibility index (Phi) is 10.3. The third-order valence-electron chi connectivity index (χ3n) is 6.51. The van der Waals surface area contributed by atoms with Crippen LogP contribution in [0.25, 0.3) is 0 Å². The number of halogens is 4. The van der Waals surface area contributed by atoms with Crippen molar-refractivity contribution in [2.75, 3.05) is 30.8 Å². The SMILES string of the molecule is CN1CCCC1C(=O)NCc1ccc(Cl)c(C(=O)Nc2ccc(OCC(F)F)c(C(=O)Nc3ccc(Br)cc3)c2)c1. The minimum absolute atomic E-state index is 0.0502. The third-order valence-corrected chi connectivity index (χ3v) is 7.37. The van der Waals surface area contributed by atoms with Crippen LogP contribution < -0.4 is 20.7 Å². The second-order valence-corrected chi connectivity index (χ2v) is 10.8. The predicted octanol–water partition coefficient (Wildman–Crippen LogP) is 5.96. The number of alkyl halides is 2. The van der Waals surface area contributed by atoms with E-state index in [9.17, 15) is 23.2 Å². The van der Waals surface area contributed by atoms with Gasteiger partial charge in [0.2, 0.25) is 5.91 Å². The van der Waals surface area contributed by atoms with Crippen LogP contribution in [0.2, 0.25) is 5.02 Å². The first kappa shape index (κ1) is 30.4. The Bertz CT molecular complexity index is 1420. The Morgan fingerprint density at radius 1 is 1.00 bits per heavy atom. The summed E-state index contributed by atoms with van der Waals surface area (Å²) in [5, 5.41) is 8.48. The monoisotopic (exact) mass is 648 g/mol. The number of nitrogens with one attached hydrogen (secondary N) is 3. The van der Waals surface area contributed by atoms with Crippen molar-refractivity contribution in [3.8, 4) is 5.75 Å². The van der Waals surface area contributed by atoms with E-state index in [1.165, 1.54) is 18.2 Å². The maximum Gasteiger partial charge on any atom is 0.272 e. The van der Waals surface area contributed by atoms with Gasteiger partial charge in [-0.05, 0) is 86.6 Å². The van der Waals surface area contributed by atoms with Gasteiger partial charge < -0.3 is 20.7 Å². The number of carbonyl (C=O) groups excluding carboxylic acids is 3. The number of ether oxygens (including phenoxy) is 1. The summed E-state index contributed by atoms with van der Waals surface area (Å²) in [6.07, 6.45) is -0.978. The summed E-state index contributed by atoms with van der Waals surface area (Å²) >= 11 is 9.63. The molecule has 3 amide bonds. The number of nitrogens with zero attached hydrogens (tertiary/aromatic N) is 1. The summed E-state index contributed by atoms with van der Waals surface area (Å²) < 4.78 is 31.6. The van der Waals surface area contributed by atoms with E-state index < -0.39 is 24.8 Å². The van der Waals surface area contributed by atoms with Gasteiger partial charge in [0.15, 0.2) is 0 Å². The van der Waals surface area contributed by atoms with Crippen LogP contribution in [0.4, 0.5) is 20.2 Å². The third kappa shape index (κ3) is 8.25. The summed E-state index contributed by atoms with van der Waals surface area (Å²) in [6, 6.07) is 15.6. The van der Waals surface area contributed by atoms with Crippen molar-refractivity contribution in [3.63, 3.8) is 0 Å². The molecule has 0 spiro atoms. The lowest BCUT2D eigenvalue weighted by molar-refractivity contribution is -0.125. The van der Waals surface area contributed by atoms with Crippen LogP contribution in [-0.2, 0) is 11.3 Å². The second-order valence-electron chi connectivity index (χ2n) is 9.50. The highest BCUT2D eigenvalue weighted by Crippen LogP contribution is 2.27. The molecular weight excluding hydrogens is 622 g/mol. The van der Waals surface area contributed by atoms with Crippen LogP contribution >= 0.6 is 27.5 Å². The molecule has 12 heteroatoms. The van der Waals surface area contributed by atoms with Gasteiger partial charge in [-0.25, -0.2) is 8.78 Å². The van der Waals surface area contributed by atoms with Crippen LogP contribution in [0.15, 0.2) is 65.1 Å². The summed E-state index contributed by atoms with van der Waals surface area (Å²) in [7, 11) is 1.91. The standard InChI is InChI=1S/C29H28BrClF2N4O4/c1-37-12-2-3-24(37)29(40)34-15-17-4-10-23(31)21(13-17)27(38)36-20-9-11-25(41-16-26(32)33)22(14-20)28(39)35-19-7-5-18(30)6-8-19/h4-11,13-14,24,26H,2-3,12,15-16H2,1H3,(H,34,40)(H,35,39)(H,36,38). The van der Waals surface area contributed by atoms with Crippen molar-refractivity contribution < 1.29 is 27.9 Å². The Morgan fingerprint density at radius 2 is 1.68 bits per heavy atom. The summed E-state index contributed by atoms with van der Waals surface area (Å²) in [4.78, 5) is 40.8. The largest absolute Gasteiger partial charge is 0.487 e. The van der Waals surface area contributed by atoms with Crippen LogP contribution in [0, 0.1) is 0 Å². The van der Waals surface area contributed by atoms with E-state index in [1.807, 2.05) is 11.9 Å². The van der Waals surface area contributed by atoms with Crippen LogP contribution in [0.1, 0.15) is 39.1 Å². The molecular formula is C29H28BrClF2N4O4. The molecule has 0 saturated carbocycles. The Balaban J connectivity index is 1.49. The smallest absolute Gasteiger partial charge is 0.272 e. The van der Waals surface area contributed by atoms with Crippen molar-refractivity contribution in [2.45, 2.75) is 31.9 Å². The molecule has 1 heterocycles. The molecule has 0 aliphatic carbocycles. The Labute approximate surface area is 249 Å². The molecule has 1 aliphatic rings. The van der Waals surface area contributed by atoms with Gasteiger partial charge in [-0.2, -0.15) is 0 Å². The number of likely N-dealkylation sites (tertiary alicyclic amines) is 1. The highest BCUT2D eigenvalue weighted by atomic mass is 79.9. The van der Waals surface area contributed by atoms with E-state index in [-0.39, 0.29) is 46.1 Å². The fourth-order valence-corrected chi connectivity index (χ4v) is 4.87. The van der Waals surface area contributed by atoms with E-state index in [4.69, 9.17) is 16.3 Å². The molecule has 1 atom stereocenters. The zero-order valence-corrected chi connectivity index (χ0v) is 24.4. The molecule has 216 valence electrons. The molecule has 0 aromatic heterocycles. The van der Waals surface area contributed by atoms with Gasteiger partial charge in [-0.3, -0.25) is 19.3 Å².